The normalized spacial score (nSPS) is 20.5. The third-order valence-corrected chi connectivity index (χ3v) is 3.85. The first-order valence-electron chi connectivity index (χ1n) is 7.28. The van der Waals surface area contributed by atoms with E-state index in [0.717, 1.165) is 24.3 Å². The Kier molecular flexibility index (Phi) is 4.00. The fourth-order valence-corrected chi connectivity index (χ4v) is 2.50. The predicted molar refractivity (Wildman–Crippen MR) is 82.9 cm³/mol. The summed E-state index contributed by atoms with van der Waals surface area (Å²) in [6.07, 6.45) is -5.97. The summed E-state index contributed by atoms with van der Waals surface area (Å²) in [5.74, 6) is -1.26. The number of hydrogen-bond donors (Lipinski definition) is 2. The molecule has 1 heterocycles. The summed E-state index contributed by atoms with van der Waals surface area (Å²) in [4.78, 5) is 12.5. The molecular weight excluding hydrogens is 337 g/mol. The molecule has 1 atom stereocenters. The molecule has 5 nitrogen and oxygen atoms in total. The average molecular weight is 350 g/mol. The number of aromatic hydroxyl groups is 1. The second kappa shape index (κ2) is 5.89. The molecule has 1 amide bonds. The number of phenolic OH excluding ortho intramolecular Hbond substituents is 1. The lowest BCUT2D eigenvalue weighted by Crippen LogP contribution is -2.56. The highest BCUT2D eigenvalue weighted by atomic mass is 19.4. The van der Waals surface area contributed by atoms with Crippen molar-refractivity contribution in [1.29, 1.82) is 0 Å². The highest BCUT2D eigenvalue weighted by Gasteiger charge is 2.63. The van der Waals surface area contributed by atoms with E-state index in [9.17, 15) is 28.2 Å². The van der Waals surface area contributed by atoms with Crippen molar-refractivity contribution in [3.05, 3.63) is 65.7 Å². The Morgan fingerprint density at radius 2 is 1.68 bits per heavy atom. The molecule has 1 aliphatic rings. The molecule has 25 heavy (non-hydrogen) atoms. The van der Waals surface area contributed by atoms with Gasteiger partial charge in [0.05, 0.1) is 12.1 Å². The lowest BCUT2D eigenvalue weighted by atomic mass is 10.0. The number of halogens is 3. The Labute approximate surface area is 140 Å². The second-order valence-corrected chi connectivity index (χ2v) is 5.57. The number of aliphatic hydroxyl groups is 1. The van der Waals surface area contributed by atoms with Crippen molar-refractivity contribution in [3.63, 3.8) is 0 Å². The fraction of sp³-hybridized carbons (Fsp3) is 0.176. The number of rotatable bonds is 2. The standard InChI is InChI=1S/C17H13F3N2O3/c18-17(19,20)16(25)10-14(11-4-2-1-3-5-11)21-22(16)15(24)12-6-8-13(23)9-7-12/h1-9,23,25H,10H2/t16-/m1/s1. The zero-order valence-electron chi connectivity index (χ0n) is 12.7. The maximum absolute atomic E-state index is 13.5. The van der Waals surface area contributed by atoms with Crippen LogP contribution in [0.1, 0.15) is 22.3 Å². The van der Waals surface area contributed by atoms with Gasteiger partial charge in [0.2, 0.25) is 0 Å². The number of alkyl halides is 3. The van der Waals surface area contributed by atoms with Gasteiger partial charge in [-0.15, -0.1) is 0 Å². The van der Waals surface area contributed by atoms with E-state index in [-0.39, 0.29) is 22.0 Å². The van der Waals surface area contributed by atoms with Gasteiger partial charge >= 0.3 is 6.18 Å². The molecule has 130 valence electrons. The molecule has 0 bridgehead atoms. The monoisotopic (exact) mass is 350 g/mol. The summed E-state index contributed by atoms with van der Waals surface area (Å²) in [5, 5.41) is 23.3. The Hall–Kier alpha value is -2.87. The van der Waals surface area contributed by atoms with Gasteiger partial charge in [-0.3, -0.25) is 4.79 Å². The van der Waals surface area contributed by atoms with Crippen molar-refractivity contribution in [2.45, 2.75) is 18.3 Å². The number of hydrogen-bond acceptors (Lipinski definition) is 4. The minimum atomic E-state index is -5.10. The van der Waals surface area contributed by atoms with Crippen molar-refractivity contribution in [2.24, 2.45) is 5.10 Å². The van der Waals surface area contributed by atoms with Gasteiger partial charge in [-0.25, -0.2) is 0 Å². The molecule has 0 saturated heterocycles. The largest absolute Gasteiger partial charge is 0.508 e. The average Bonchev–Trinajstić information content (AvgIpc) is 2.95. The van der Waals surface area contributed by atoms with E-state index in [1.807, 2.05) is 0 Å². The van der Waals surface area contributed by atoms with Gasteiger partial charge in [0.25, 0.3) is 11.6 Å². The molecule has 0 unspecified atom stereocenters. The number of nitrogens with zero attached hydrogens (tertiary/aromatic N) is 2. The van der Waals surface area contributed by atoms with Gasteiger partial charge < -0.3 is 10.2 Å². The first kappa shape index (κ1) is 17.0. The summed E-state index contributed by atoms with van der Waals surface area (Å²) in [6, 6.07) is 12.7. The van der Waals surface area contributed by atoms with Crippen molar-refractivity contribution < 1.29 is 28.2 Å². The van der Waals surface area contributed by atoms with Crippen LogP contribution in [0.5, 0.6) is 5.75 Å². The van der Waals surface area contributed by atoms with Crippen LogP contribution in [0, 0.1) is 0 Å². The quantitative estimate of drug-likeness (QED) is 0.875. The maximum atomic E-state index is 13.5. The van der Waals surface area contributed by atoms with Crippen molar-refractivity contribution >= 4 is 11.6 Å². The van der Waals surface area contributed by atoms with E-state index in [1.54, 1.807) is 30.3 Å². The van der Waals surface area contributed by atoms with Crippen molar-refractivity contribution in [1.82, 2.24) is 5.01 Å². The molecule has 0 fully saturated rings. The number of hydrazone groups is 1. The molecule has 1 aliphatic heterocycles. The highest BCUT2D eigenvalue weighted by molar-refractivity contribution is 6.05. The molecule has 0 radical (unpaired) electrons. The molecule has 0 aromatic heterocycles. The minimum Gasteiger partial charge on any atom is -0.508 e. The molecular formula is C17H13F3N2O3. The summed E-state index contributed by atoms with van der Waals surface area (Å²) in [5.41, 5.74) is -3.25. The second-order valence-electron chi connectivity index (χ2n) is 5.57. The van der Waals surface area contributed by atoms with Crippen LogP contribution in [0.3, 0.4) is 0 Å². The molecule has 2 aromatic carbocycles. The number of phenols is 1. The van der Waals surface area contributed by atoms with E-state index >= 15 is 0 Å². The zero-order valence-corrected chi connectivity index (χ0v) is 12.7. The Morgan fingerprint density at radius 3 is 2.24 bits per heavy atom. The fourth-order valence-electron chi connectivity index (χ4n) is 2.50. The van der Waals surface area contributed by atoms with Crippen LogP contribution in [0.15, 0.2) is 59.7 Å². The van der Waals surface area contributed by atoms with Gasteiger partial charge in [-0.1, -0.05) is 30.3 Å². The lowest BCUT2D eigenvalue weighted by Gasteiger charge is -2.32. The molecule has 3 rings (SSSR count). The molecule has 8 heteroatoms. The smallest absolute Gasteiger partial charge is 0.438 e. The number of benzene rings is 2. The SMILES string of the molecule is O=C(c1ccc(O)cc1)N1N=C(c2ccccc2)C[C@@]1(O)C(F)(F)F. The highest BCUT2D eigenvalue weighted by Crippen LogP contribution is 2.42. The van der Waals surface area contributed by atoms with E-state index < -0.39 is 24.2 Å². The van der Waals surface area contributed by atoms with E-state index in [2.05, 4.69) is 5.10 Å². The van der Waals surface area contributed by atoms with E-state index in [0.29, 0.717) is 5.56 Å². The minimum absolute atomic E-state index is 0.0486. The topological polar surface area (TPSA) is 73.1 Å². The first-order valence-corrected chi connectivity index (χ1v) is 7.28. The van der Waals surface area contributed by atoms with Crippen molar-refractivity contribution in [2.75, 3.05) is 0 Å². The van der Waals surface area contributed by atoms with Crippen LogP contribution < -0.4 is 0 Å². The van der Waals surface area contributed by atoms with Crippen LogP contribution in [0.25, 0.3) is 0 Å². The molecule has 2 aromatic rings. The van der Waals surface area contributed by atoms with Crippen LogP contribution in [-0.4, -0.2) is 38.7 Å². The molecule has 2 N–H and O–H groups in total. The summed E-state index contributed by atoms with van der Waals surface area (Å²) in [7, 11) is 0. The Morgan fingerprint density at radius 1 is 1.08 bits per heavy atom. The number of amides is 1. The van der Waals surface area contributed by atoms with E-state index in [1.165, 1.54) is 0 Å². The molecule has 0 spiro atoms. The van der Waals surface area contributed by atoms with E-state index in [4.69, 9.17) is 0 Å². The van der Waals surface area contributed by atoms with Gasteiger partial charge in [0.15, 0.2) is 0 Å². The molecule has 0 aliphatic carbocycles. The van der Waals surface area contributed by atoms with Crippen LogP contribution in [-0.2, 0) is 0 Å². The zero-order chi connectivity index (χ0) is 18.2. The van der Waals surface area contributed by atoms with Crippen LogP contribution in [0.4, 0.5) is 13.2 Å². The van der Waals surface area contributed by atoms with Crippen LogP contribution in [0.2, 0.25) is 0 Å². The summed E-state index contributed by atoms with van der Waals surface area (Å²) in [6.45, 7) is 0. The van der Waals surface area contributed by atoms with Gasteiger partial charge in [-0.05, 0) is 29.8 Å². The third kappa shape index (κ3) is 2.96. The number of carbonyl (C=O) groups is 1. The first-order chi connectivity index (χ1) is 11.7. The van der Waals surface area contributed by atoms with Gasteiger partial charge in [-0.2, -0.15) is 23.3 Å². The maximum Gasteiger partial charge on any atom is 0.438 e. The van der Waals surface area contributed by atoms with Crippen LogP contribution >= 0.6 is 0 Å². The van der Waals surface area contributed by atoms with Crippen molar-refractivity contribution in [3.8, 4) is 5.75 Å². The van der Waals surface area contributed by atoms with Gasteiger partial charge in [0.1, 0.15) is 5.75 Å². The number of carbonyl (C=O) groups excluding carboxylic acids is 1. The van der Waals surface area contributed by atoms with Gasteiger partial charge in [0, 0.05) is 5.56 Å². The Balaban J connectivity index is 2.04. The Bertz CT molecular complexity index is 819. The summed E-state index contributed by atoms with van der Waals surface area (Å²) < 4.78 is 40.4. The summed E-state index contributed by atoms with van der Waals surface area (Å²) >= 11 is 0. The predicted octanol–water partition coefficient (Wildman–Crippen LogP) is 2.89. The lowest BCUT2D eigenvalue weighted by molar-refractivity contribution is -0.297. The molecule has 0 saturated carbocycles. The third-order valence-electron chi connectivity index (χ3n) is 3.85.